The van der Waals surface area contributed by atoms with E-state index >= 15 is 0 Å². The van der Waals surface area contributed by atoms with Crippen LogP contribution < -0.4 is 5.32 Å². The first kappa shape index (κ1) is 13.1. The number of fused-ring (bicyclic) bond motifs is 1. The summed E-state index contributed by atoms with van der Waals surface area (Å²) in [6.07, 6.45) is 3.24. The van der Waals surface area contributed by atoms with Gasteiger partial charge in [0.05, 0.1) is 0 Å². The Morgan fingerprint density at radius 3 is 2.94 bits per heavy atom. The van der Waals surface area contributed by atoms with Gasteiger partial charge in [0.1, 0.15) is 0 Å². The topological polar surface area (TPSA) is 26.2 Å². The van der Waals surface area contributed by atoms with Crippen molar-refractivity contribution in [2.45, 2.75) is 19.4 Å². The van der Waals surface area contributed by atoms with Crippen molar-refractivity contribution in [3.05, 3.63) is 36.5 Å². The van der Waals surface area contributed by atoms with E-state index < -0.39 is 0 Å². The van der Waals surface area contributed by atoms with Gasteiger partial charge in [-0.3, -0.25) is 0 Å². The second kappa shape index (κ2) is 6.57. The second-order valence-corrected chi connectivity index (χ2v) is 4.68. The first-order chi connectivity index (χ1) is 8.83. The SMILES string of the molecule is COCCCNCC(C)n1ccc2ccccc21. The number of nitrogens with zero attached hydrogens (tertiary/aromatic N) is 1. The van der Waals surface area contributed by atoms with E-state index in [1.54, 1.807) is 7.11 Å². The highest BCUT2D eigenvalue weighted by Gasteiger charge is 2.06. The zero-order valence-corrected chi connectivity index (χ0v) is 11.2. The summed E-state index contributed by atoms with van der Waals surface area (Å²) in [6, 6.07) is 11.2. The number of nitrogens with one attached hydrogen (secondary N) is 1. The number of hydrogen-bond donors (Lipinski definition) is 1. The van der Waals surface area contributed by atoms with Crippen LogP contribution in [0.25, 0.3) is 10.9 Å². The quantitative estimate of drug-likeness (QED) is 0.760. The second-order valence-electron chi connectivity index (χ2n) is 4.68. The molecule has 0 aliphatic rings. The third kappa shape index (κ3) is 3.12. The summed E-state index contributed by atoms with van der Waals surface area (Å²) in [7, 11) is 1.74. The van der Waals surface area contributed by atoms with Gasteiger partial charge >= 0.3 is 0 Å². The molecule has 0 saturated heterocycles. The van der Waals surface area contributed by atoms with Crippen molar-refractivity contribution in [1.29, 1.82) is 0 Å². The molecule has 18 heavy (non-hydrogen) atoms. The molecule has 1 aromatic carbocycles. The number of benzene rings is 1. The molecular weight excluding hydrogens is 224 g/mol. The standard InChI is InChI=1S/C15H22N2O/c1-13(12-16-9-5-11-18-2)17-10-8-14-6-3-4-7-15(14)17/h3-4,6-8,10,13,16H,5,9,11-12H2,1-2H3. The van der Waals surface area contributed by atoms with E-state index in [9.17, 15) is 0 Å². The fraction of sp³-hybridized carbons (Fsp3) is 0.467. The lowest BCUT2D eigenvalue weighted by molar-refractivity contribution is 0.194. The first-order valence-corrected chi connectivity index (χ1v) is 6.58. The van der Waals surface area contributed by atoms with Crippen molar-refractivity contribution in [3.8, 4) is 0 Å². The van der Waals surface area contributed by atoms with Crippen LogP contribution in [0.4, 0.5) is 0 Å². The Morgan fingerprint density at radius 2 is 2.11 bits per heavy atom. The third-order valence-corrected chi connectivity index (χ3v) is 3.25. The molecule has 0 aliphatic carbocycles. The molecule has 0 saturated carbocycles. The third-order valence-electron chi connectivity index (χ3n) is 3.25. The number of hydrogen-bond acceptors (Lipinski definition) is 2. The van der Waals surface area contributed by atoms with Crippen molar-refractivity contribution in [2.75, 3.05) is 26.8 Å². The summed E-state index contributed by atoms with van der Waals surface area (Å²) in [4.78, 5) is 0. The summed E-state index contributed by atoms with van der Waals surface area (Å²) in [6.45, 7) is 5.07. The van der Waals surface area contributed by atoms with E-state index in [2.05, 4.69) is 53.3 Å². The minimum atomic E-state index is 0.465. The van der Waals surface area contributed by atoms with Crippen LogP contribution in [-0.2, 0) is 4.74 Å². The van der Waals surface area contributed by atoms with E-state index in [0.717, 1.165) is 26.1 Å². The van der Waals surface area contributed by atoms with Crippen LogP contribution in [0, 0.1) is 0 Å². The maximum Gasteiger partial charge on any atom is 0.0483 e. The van der Waals surface area contributed by atoms with Gasteiger partial charge in [-0.05, 0) is 37.4 Å². The minimum absolute atomic E-state index is 0.465. The van der Waals surface area contributed by atoms with Crippen LogP contribution >= 0.6 is 0 Å². The number of aromatic nitrogens is 1. The van der Waals surface area contributed by atoms with Gasteiger partial charge < -0.3 is 14.6 Å². The molecule has 0 bridgehead atoms. The molecule has 98 valence electrons. The molecule has 1 aromatic heterocycles. The van der Waals surface area contributed by atoms with Crippen LogP contribution in [-0.4, -0.2) is 31.4 Å². The normalized spacial score (nSPS) is 13.0. The fourth-order valence-corrected chi connectivity index (χ4v) is 2.24. The van der Waals surface area contributed by atoms with Crippen LogP contribution in [0.5, 0.6) is 0 Å². The molecule has 1 N–H and O–H groups in total. The molecule has 0 spiro atoms. The molecule has 1 unspecified atom stereocenters. The number of rotatable bonds is 7. The zero-order valence-electron chi connectivity index (χ0n) is 11.2. The van der Waals surface area contributed by atoms with Crippen LogP contribution in [0.15, 0.2) is 36.5 Å². The van der Waals surface area contributed by atoms with Crippen molar-refractivity contribution >= 4 is 10.9 Å². The molecule has 1 heterocycles. The van der Waals surface area contributed by atoms with Gasteiger partial charge in [-0.15, -0.1) is 0 Å². The molecule has 2 rings (SSSR count). The summed E-state index contributed by atoms with van der Waals surface area (Å²) in [5.41, 5.74) is 1.31. The first-order valence-electron chi connectivity index (χ1n) is 6.58. The largest absolute Gasteiger partial charge is 0.385 e. The van der Waals surface area contributed by atoms with Crippen LogP contribution in [0.3, 0.4) is 0 Å². The molecule has 0 amide bonds. The number of methoxy groups -OCH3 is 1. The van der Waals surface area contributed by atoms with E-state index in [4.69, 9.17) is 4.74 Å². The zero-order chi connectivity index (χ0) is 12.8. The Hall–Kier alpha value is -1.32. The average Bonchev–Trinajstić information content (AvgIpc) is 2.82. The molecule has 0 fully saturated rings. The highest BCUT2D eigenvalue weighted by molar-refractivity contribution is 5.80. The predicted molar refractivity (Wildman–Crippen MR) is 76.0 cm³/mol. The molecule has 2 aromatic rings. The van der Waals surface area contributed by atoms with Crippen LogP contribution in [0.2, 0.25) is 0 Å². The highest BCUT2D eigenvalue weighted by atomic mass is 16.5. The Morgan fingerprint density at radius 1 is 1.28 bits per heavy atom. The lowest BCUT2D eigenvalue weighted by Crippen LogP contribution is -2.24. The van der Waals surface area contributed by atoms with Gasteiger partial charge in [-0.25, -0.2) is 0 Å². The Bertz CT molecular complexity index is 478. The lowest BCUT2D eigenvalue weighted by Gasteiger charge is -2.16. The van der Waals surface area contributed by atoms with Gasteiger partial charge in [0.2, 0.25) is 0 Å². The van der Waals surface area contributed by atoms with E-state index in [1.165, 1.54) is 10.9 Å². The smallest absolute Gasteiger partial charge is 0.0483 e. The molecule has 0 radical (unpaired) electrons. The van der Waals surface area contributed by atoms with E-state index in [1.807, 2.05) is 0 Å². The summed E-state index contributed by atoms with van der Waals surface area (Å²) < 4.78 is 7.37. The van der Waals surface area contributed by atoms with Crippen molar-refractivity contribution in [2.24, 2.45) is 0 Å². The van der Waals surface area contributed by atoms with Crippen molar-refractivity contribution in [3.63, 3.8) is 0 Å². The molecule has 0 aliphatic heterocycles. The van der Waals surface area contributed by atoms with Gasteiger partial charge in [0, 0.05) is 38.0 Å². The average molecular weight is 246 g/mol. The lowest BCUT2D eigenvalue weighted by atomic mass is 10.2. The molecule has 1 atom stereocenters. The van der Waals surface area contributed by atoms with Gasteiger partial charge in [-0.1, -0.05) is 18.2 Å². The number of ether oxygens (including phenoxy) is 1. The minimum Gasteiger partial charge on any atom is -0.385 e. The van der Waals surface area contributed by atoms with Crippen molar-refractivity contribution < 1.29 is 4.74 Å². The van der Waals surface area contributed by atoms with Crippen LogP contribution in [0.1, 0.15) is 19.4 Å². The molecule has 3 heteroatoms. The van der Waals surface area contributed by atoms with Gasteiger partial charge in [0.15, 0.2) is 0 Å². The number of para-hydroxylation sites is 1. The molecule has 3 nitrogen and oxygen atoms in total. The van der Waals surface area contributed by atoms with Gasteiger partial charge in [-0.2, -0.15) is 0 Å². The Kier molecular flexibility index (Phi) is 4.79. The summed E-state index contributed by atoms with van der Waals surface area (Å²) in [5, 5.41) is 4.78. The summed E-state index contributed by atoms with van der Waals surface area (Å²) in [5.74, 6) is 0. The molecular formula is C15H22N2O. The monoisotopic (exact) mass is 246 g/mol. The summed E-state index contributed by atoms with van der Waals surface area (Å²) >= 11 is 0. The van der Waals surface area contributed by atoms with Crippen molar-refractivity contribution in [1.82, 2.24) is 9.88 Å². The Labute approximate surface area is 109 Å². The highest BCUT2D eigenvalue weighted by Crippen LogP contribution is 2.19. The van der Waals surface area contributed by atoms with E-state index in [-0.39, 0.29) is 0 Å². The maximum absolute atomic E-state index is 5.03. The predicted octanol–water partition coefficient (Wildman–Crippen LogP) is 2.83. The fourth-order valence-electron chi connectivity index (χ4n) is 2.24. The van der Waals surface area contributed by atoms with Gasteiger partial charge in [0.25, 0.3) is 0 Å². The Balaban J connectivity index is 1.90. The van der Waals surface area contributed by atoms with E-state index in [0.29, 0.717) is 6.04 Å². The maximum atomic E-state index is 5.03.